The minimum absolute atomic E-state index is 0.0296. The number of nitrogens with one attached hydrogen (secondary N) is 1. The van der Waals surface area contributed by atoms with Crippen molar-refractivity contribution in [3.8, 4) is 10.6 Å². The van der Waals surface area contributed by atoms with E-state index in [0.717, 1.165) is 23.8 Å². The van der Waals surface area contributed by atoms with Crippen LogP contribution in [0.3, 0.4) is 0 Å². The Balaban J connectivity index is 1.59. The van der Waals surface area contributed by atoms with E-state index in [1.54, 1.807) is 0 Å². The lowest BCUT2D eigenvalue weighted by molar-refractivity contribution is -0.140. The maximum absolute atomic E-state index is 14.6. The van der Waals surface area contributed by atoms with Gasteiger partial charge in [-0.25, -0.2) is 32.1 Å². The van der Waals surface area contributed by atoms with Gasteiger partial charge in [0.05, 0.1) is 28.4 Å². The van der Waals surface area contributed by atoms with Gasteiger partial charge in [0.25, 0.3) is 0 Å². The van der Waals surface area contributed by atoms with Crippen LogP contribution >= 0.6 is 11.3 Å². The molecule has 0 atom stereocenters. The van der Waals surface area contributed by atoms with Gasteiger partial charge in [0.15, 0.2) is 11.5 Å². The van der Waals surface area contributed by atoms with E-state index in [4.69, 9.17) is 0 Å². The third-order valence-corrected chi connectivity index (χ3v) is 8.70. The van der Waals surface area contributed by atoms with Gasteiger partial charge < -0.3 is 10.4 Å². The van der Waals surface area contributed by atoms with E-state index in [-0.39, 0.29) is 36.0 Å². The number of piperidine rings is 1. The fourth-order valence-electron chi connectivity index (χ4n) is 4.30. The van der Waals surface area contributed by atoms with Crippen LogP contribution in [-0.2, 0) is 16.2 Å². The fourth-order valence-corrected chi connectivity index (χ4v) is 6.42. The number of anilines is 1. The average Bonchev–Trinajstić information content (AvgIpc) is 3.21. The molecule has 1 aliphatic heterocycles. The molecule has 188 valence electrons. The largest absolute Gasteiger partial charge is 0.434 e. The summed E-state index contributed by atoms with van der Waals surface area (Å²) in [6.45, 7) is 0.578. The molecular weight excluding hydrogens is 498 g/mol. The summed E-state index contributed by atoms with van der Waals surface area (Å²) < 4.78 is 80.7. The molecule has 4 rings (SSSR count). The first-order chi connectivity index (χ1) is 15.9. The van der Waals surface area contributed by atoms with Crippen molar-refractivity contribution in [1.82, 2.24) is 19.3 Å². The predicted octanol–water partition coefficient (Wildman–Crippen LogP) is 3.61. The molecule has 2 N–H and O–H groups in total. The van der Waals surface area contributed by atoms with E-state index >= 15 is 0 Å². The Morgan fingerprint density at radius 2 is 1.76 bits per heavy atom. The van der Waals surface area contributed by atoms with Gasteiger partial charge in [0.1, 0.15) is 5.69 Å². The molecule has 2 aromatic rings. The number of aromatic nitrogens is 3. The minimum Gasteiger partial charge on any atom is -0.393 e. The van der Waals surface area contributed by atoms with E-state index in [9.17, 15) is 31.1 Å². The Morgan fingerprint density at radius 1 is 1.12 bits per heavy atom. The molecule has 2 aromatic heterocycles. The molecule has 1 aliphatic carbocycles. The van der Waals surface area contributed by atoms with Gasteiger partial charge in [0, 0.05) is 25.0 Å². The number of hydrogen-bond donors (Lipinski definition) is 2. The van der Waals surface area contributed by atoms with E-state index in [1.807, 2.05) is 0 Å². The summed E-state index contributed by atoms with van der Waals surface area (Å²) in [4.78, 5) is 11.3. The van der Waals surface area contributed by atoms with Gasteiger partial charge in [-0.1, -0.05) is 0 Å². The number of rotatable bonds is 5. The van der Waals surface area contributed by atoms with E-state index in [2.05, 4.69) is 20.3 Å². The lowest BCUT2D eigenvalue weighted by Crippen LogP contribution is -2.42. The topological polar surface area (TPSA) is 108 Å². The standard InChI is InChI=1S/C20H25F4N5O3S2/c1-34(31,32)29-8-6-12(7-9-29)26-19-25-10-14(21)15(27-19)16-17(20(22,23)24)28-18(33-16)11-2-4-13(30)5-3-11/h10-13,30H,2-9H2,1H3,(H,25,26,27). The molecule has 14 heteroatoms. The second-order valence-corrected chi connectivity index (χ2v) is 11.7. The van der Waals surface area contributed by atoms with E-state index in [1.165, 1.54) is 4.31 Å². The van der Waals surface area contributed by atoms with Crippen molar-refractivity contribution in [2.75, 3.05) is 24.7 Å². The lowest BCUT2D eigenvalue weighted by atomic mass is 9.88. The molecule has 0 amide bonds. The average molecular weight is 524 g/mol. The zero-order valence-electron chi connectivity index (χ0n) is 18.3. The Labute approximate surface area is 198 Å². The molecule has 0 radical (unpaired) electrons. The maximum atomic E-state index is 14.6. The highest BCUT2D eigenvalue weighted by Gasteiger charge is 2.40. The zero-order valence-corrected chi connectivity index (χ0v) is 20.0. The van der Waals surface area contributed by atoms with Gasteiger partial charge in [-0.05, 0) is 38.5 Å². The van der Waals surface area contributed by atoms with Crippen LogP contribution in [0.1, 0.15) is 55.1 Å². The number of alkyl halides is 3. The molecule has 2 aliphatic rings. The second-order valence-electron chi connectivity index (χ2n) is 8.70. The summed E-state index contributed by atoms with van der Waals surface area (Å²) in [5.41, 5.74) is -1.65. The number of aliphatic hydroxyl groups is 1. The summed E-state index contributed by atoms with van der Waals surface area (Å²) in [6, 6.07) is -0.205. The number of thiazole rings is 1. The van der Waals surface area contributed by atoms with E-state index < -0.39 is 44.4 Å². The van der Waals surface area contributed by atoms with Crippen LogP contribution in [0.4, 0.5) is 23.5 Å². The van der Waals surface area contributed by atoms with Crippen LogP contribution in [0, 0.1) is 5.82 Å². The highest BCUT2D eigenvalue weighted by Crippen LogP contribution is 2.44. The first-order valence-electron chi connectivity index (χ1n) is 10.9. The molecule has 2 fully saturated rings. The number of sulfonamides is 1. The SMILES string of the molecule is CS(=O)(=O)N1CCC(Nc2ncc(F)c(-c3sc(C4CCC(O)CC4)nc3C(F)(F)F)n2)CC1. The number of hydrogen-bond acceptors (Lipinski definition) is 8. The molecular formula is C20H25F4N5O3S2. The number of halogens is 4. The summed E-state index contributed by atoms with van der Waals surface area (Å²) in [5.74, 6) is -1.25. The predicted molar refractivity (Wildman–Crippen MR) is 118 cm³/mol. The normalized spacial score (nSPS) is 23.2. The third-order valence-electron chi connectivity index (χ3n) is 6.17. The van der Waals surface area contributed by atoms with Gasteiger partial charge in [-0.15, -0.1) is 11.3 Å². The Hall–Kier alpha value is -1.90. The Bertz CT molecular complexity index is 1130. The Morgan fingerprint density at radius 3 is 2.35 bits per heavy atom. The number of aliphatic hydroxyl groups excluding tert-OH is 1. The lowest BCUT2D eigenvalue weighted by Gasteiger charge is -2.30. The van der Waals surface area contributed by atoms with Gasteiger partial charge in [-0.2, -0.15) is 13.2 Å². The third kappa shape index (κ3) is 5.66. The van der Waals surface area contributed by atoms with Crippen molar-refractivity contribution in [2.45, 2.75) is 62.8 Å². The minimum atomic E-state index is -4.79. The monoisotopic (exact) mass is 523 g/mol. The summed E-state index contributed by atoms with van der Waals surface area (Å²) >= 11 is 0.775. The van der Waals surface area contributed by atoms with Crippen LogP contribution < -0.4 is 5.32 Å². The molecule has 0 aromatic carbocycles. The second kappa shape index (κ2) is 9.63. The molecule has 1 saturated carbocycles. The highest BCUT2D eigenvalue weighted by molar-refractivity contribution is 7.88. The number of nitrogens with zero attached hydrogens (tertiary/aromatic N) is 4. The van der Waals surface area contributed by atoms with Crippen molar-refractivity contribution in [3.63, 3.8) is 0 Å². The zero-order chi connectivity index (χ0) is 24.7. The smallest absolute Gasteiger partial charge is 0.393 e. The summed E-state index contributed by atoms with van der Waals surface area (Å²) in [7, 11) is -3.30. The molecule has 0 unspecified atom stereocenters. The van der Waals surface area contributed by atoms with Gasteiger partial charge >= 0.3 is 6.18 Å². The molecule has 1 saturated heterocycles. The maximum Gasteiger partial charge on any atom is 0.434 e. The molecule has 8 nitrogen and oxygen atoms in total. The summed E-state index contributed by atoms with van der Waals surface area (Å²) in [5, 5.41) is 12.9. The highest BCUT2D eigenvalue weighted by atomic mass is 32.2. The van der Waals surface area contributed by atoms with Crippen molar-refractivity contribution in [2.24, 2.45) is 0 Å². The Kier molecular flexibility index (Phi) is 7.14. The molecule has 3 heterocycles. The first-order valence-corrected chi connectivity index (χ1v) is 13.6. The van der Waals surface area contributed by atoms with Gasteiger partial charge in [0.2, 0.25) is 16.0 Å². The van der Waals surface area contributed by atoms with Crippen LogP contribution in [0.25, 0.3) is 10.6 Å². The van der Waals surface area contributed by atoms with Crippen molar-refractivity contribution in [1.29, 1.82) is 0 Å². The first kappa shape index (κ1) is 25.2. The quantitative estimate of drug-likeness (QED) is 0.577. The molecule has 0 bridgehead atoms. The van der Waals surface area contributed by atoms with Gasteiger partial charge in [-0.3, -0.25) is 0 Å². The van der Waals surface area contributed by atoms with Crippen molar-refractivity contribution in [3.05, 3.63) is 22.7 Å². The molecule has 34 heavy (non-hydrogen) atoms. The summed E-state index contributed by atoms with van der Waals surface area (Å²) in [6.07, 6.45) is -0.404. The van der Waals surface area contributed by atoms with Crippen molar-refractivity contribution < 1.29 is 31.1 Å². The molecule has 0 spiro atoms. The van der Waals surface area contributed by atoms with Crippen LogP contribution in [0.2, 0.25) is 0 Å². The van der Waals surface area contributed by atoms with E-state index in [0.29, 0.717) is 38.5 Å². The van der Waals surface area contributed by atoms with Crippen molar-refractivity contribution >= 4 is 27.3 Å². The van der Waals surface area contributed by atoms with Crippen LogP contribution in [0.15, 0.2) is 6.20 Å². The van der Waals surface area contributed by atoms with Crippen LogP contribution in [-0.4, -0.2) is 64.3 Å². The fraction of sp³-hybridized carbons (Fsp3) is 0.650. The van der Waals surface area contributed by atoms with Crippen LogP contribution in [0.5, 0.6) is 0 Å².